The Hall–Kier alpha value is -1.77. The van der Waals surface area contributed by atoms with Crippen molar-refractivity contribution >= 4 is 34.0 Å². The third kappa shape index (κ3) is 4.31. The summed E-state index contributed by atoms with van der Waals surface area (Å²) in [7, 11) is 0. The van der Waals surface area contributed by atoms with Gasteiger partial charge in [-0.2, -0.15) is 5.26 Å². The Balaban J connectivity index is 1.70. The molecule has 1 aromatic heterocycles. The molecule has 1 aromatic carbocycles. The number of nitrogens with zero attached hydrogens (tertiary/aromatic N) is 1. The summed E-state index contributed by atoms with van der Waals surface area (Å²) in [5.41, 5.74) is 2.10. The Morgan fingerprint density at radius 2 is 2.08 bits per heavy atom. The van der Waals surface area contributed by atoms with Crippen molar-refractivity contribution in [2.75, 3.05) is 11.1 Å². The lowest BCUT2D eigenvalue weighted by atomic mass is 9.72. The van der Waals surface area contributed by atoms with Gasteiger partial charge in [-0.1, -0.05) is 39.0 Å². The first-order valence-corrected chi connectivity index (χ1v) is 10.7. The van der Waals surface area contributed by atoms with Crippen molar-refractivity contribution in [1.29, 1.82) is 5.26 Å². The highest BCUT2D eigenvalue weighted by atomic mass is 32.2. The lowest BCUT2D eigenvalue weighted by Gasteiger charge is -2.33. The number of thiophene rings is 1. The van der Waals surface area contributed by atoms with Gasteiger partial charge in [-0.25, -0.2) is 0 Å². The van der Waals surface area contributed by atoms with E-state index in [0.717, 1.165) is 34.7 Å². The average molecular weight is 385 g/mol. The largest absolute Gasteiger partial charge is 0.316 e. The second-order valence-corrected chi connectivity index (χ2v) is 9.93. The molecule has 1 aliphatic rings. The number of anilines is 1. The van der Waals surface area contributed by atoms with Crippen molar-refractivity contribution in [2.24, 2.45) is 11.3 Å². The summed E-state index contributed by atoms with van der Waals surface area (Å²) in [6.45, 7) is 6.85. The first kappa shape index (κ1) is 19.0. The van der Waals surface area contributed by atoms with Crippen molar-refractivity contribution in [3.05, 3.63) is 46.3 Å². The van der Waals surface area contributed by atoms with Gasteiger partial charge in [0.2, 0.25) is 5.91 Å². The lowest BCUT2D eigenvalue weighted by Crippen LogP contribution is -2.26. The van der Waals surface area contributed by atoms with E-state index in [-0.39, 0.29) is 11.3 Å². The van der Waals surface area contributed by atoms with E-state index in [2.05, 4.69) is 32.2 Å². The van der Waals surface area contributed by atoms with E-state index in [9.17, 15) is 10.1 Å². The molecule has 2 aromatic rings. The molecular weight excluding hydrogens is 360 g/mol. The fraction of sp³-hybridized carbons (Fsp3) is 0.429. The topological polar surface area (TPSA) is 52.9 Å². The van der Waals surface area contributed by atoms with Crippen LogP contribution in [0.5, 0.6) is 0 Å². The first-order valence-electron chi connectivity index (χ1n) is 8.91. The highest BCUT2D eigenvalue weighted by molar-refractivity contribution is 8.00. The molecule has 1 aliphatic carbocycles. The fourth-order valence-electron chi connectivity index (χ4n) is 3.36. The number of rotatable bonds is 4. The molecule has 0 radical (unpaired) electrons. The maximum Gasteiger partial charge on any atom is 0.235 e. The third-order valence-electron chi connectivity index (χ3n) is 4.97. The summed E-state index contributed by atoms with van der Waals surface area (Å²) in [6, 6.07) is 12.2. The maximum absolute atomic E-state index is 12.4. The molecule has 3 rings (SSSR count). The summed E-state index contributed by atoms with van der Waals surface area (Å²) in [4.78, 5) is 14.7. The third-order valence-corrected chi connectivity index (χ3v) is 7.15. The number of nitrogens with one attached hydrogen (secondary N) is 1. The monoisotopic (exact) mass is 384 g/mol. The number of hydrogen-bond acceptors (Lipinski definition) is 4. The zero-order valence-corrected chi connectivity index (χ0v) is 17.1. The molecule has 3 nitrogen and oxygen atoms in total. The van der Waals surface area contributed by atoms with Crippen LogP contribution in [0, 0.1) is 22.7 Å². The van der Waals surface area contributed by atoms with Gasteiger partial charge in [0.25, 0.3) is 0 Å². The number of fused-ring (bicyclic) bond motifs is 1. The average Bonchev–Trinajstić information content (AvgIpc) is 2.96. The van der Waals surface area contributed by atoms with Crippen molar-refractivity contribution in [2.45, 2.75) is 44.9 Å². The van der Waals surface area contributed by atoms with Gasteiger partial charge in [0, 0.05) is 9.77 Å². The Morgan fingerprint density at radius 3 is 2.73 bits per heavy atom. The summed E-state index contributed by atoms with van der Waals surface area (Å²) in [6.07, 6.45) is 3.05. The number of nitriles is 1. The van der Waals surface area contributed by atoms with Crippen LogP contribution in [-0.4, -0.2) is 11.7 Å². The first-order chi connectivity index (χ1) is 12.4. The van der Waals surface area contributed by atoms with E-state index in [4.69, 9.17) is 0 Å². The number of amides is 1. The molecule has 0 bridgehead atoms. The summed E-state index contributed by atoms with van der Waals surface area (Å²) < 4.78 is 0. The summed E-state index contributed by atoms with van der Waals surface area (Å²) >= 11 is 3.10. The van der Waals surface area contributed by atoms with E-state index in [1.807, 2.05) is 30.3 Å². The van der Waals surface area contributed by atoms with Crippen LogP contribution in [0.4, 0.5) is 5.00 Å². The molecule has 1 atom stereocenters. The molecule has 136 valence electrons. The second-order valence-electron chi connectivity index (χ2n) is 7.78. The molecule has 0 saturated carbocycles. The van der Waals surface area contributed by atoms with Crippen LogP contribution < -0.4 is 5.32 Å². The number of carbonyl (C=O) groups excluding carboxylic acids is 1. The van der Waals surface area contributed by atoms with Crippen LogP contribution in [0.15, 0.2) is 35.2 Å². The Kier molecular flexibility index (Phi) is 5.74. The predicted octanol–water partition coefficient (Wildman–Crippen LogP) is 5.50. The smallest absolute Gasteiger partial charge is 0.235 e. The van der Waals surface area contributed by atoms with Crippen molar-refractivity contribution in [3.63, 3.8) is 0 Å². The highest BCUT2D eigenvalue weighted by Crippen LogP contribution is 2.44. The van der Waals surface area contributed by atoms with Gasteiger partial charge in [-0.3, -0.25) is 4.79 Å². The van der Waals surface area contributed by atoms with Gasteiger partial charge in [-0.05, 0) is 48.3 Å². The normalized spacial score (nSPS) is 16.6. The van der Waals surface area contributed by atoms with Gasteiger partial charge < -0.3 is 5.32 Å². The van der Waals surface area contributed by atoms with Gasteiger partial charge in [0.15, 0.2) is 0 Å². The molecule has 1 heterocycles. The number of benzene rings is 1. The minimum Gasteiger partial charge on any atom is -0.316 e. The van der Waals surface area contributed by atoms with Crippen molar-refractivity contribution in [1.82, 2.24) is 0 Å². The molecular formula is C21H24N2OS2. The van der Waals surface area contributed by atoms with Gasteiger partial charge in [0.05, 0.1) is 11.3 Å². The molecule has 0 aliphatic heterocycles. The van der Waals surface area contributed by atoms with Crippen molar-refractivity contribution in [3.8, 4) is 6.07 Å². The molecule has 0 unspecified atom stereocenters. The maximum atomic E-state index is 12.4. The molecule has 0 saturated heterocycles. The fourth-order valence-corrected chi connectivity index (χ4v) is 5.37. The Labute approximate surface area is 163 Å². The molecule has 26 heavy (non-hydrogen) atoms. The Bertz CT molecular complexity index is 828. The molecule has 5 heteroatoms. The van der Waals surface area contributed by atoms with Gasteiger partial charge >= 0.3 is 0 Å². The zero-order valence-electron chi connectivity index (χ0n) is 15.5. The van der Waals surface area contributed by atoms with Crippen LogP contribution in [0.3, 0.4) is 0 Å². The van der Waals surface area contributed by atoms with Crippen LogP contribution in [0.1, 0.15) is 43.2 Å². The van der Waals surface area contributed by atoms with Crippen molar-refractivity contribution < 1.29 is 4.79 Å². The molecule has 0 spiro atoms. The predicted molar refractivity (Wildman–Crippen MR) is 110 cm³/mol. The molecule has 1 amide bonds. The quantitative estimate of drug-likeness (QED) is 0.708. The van der Waals surface area contributed by atoms with Gasteiger partial charge in [0.1, 0.15) is 11.1 Å². The summed E-state index contributed by atoms with van der Waals surface area (Å²) in [5, 5.41) is 13.3. The van der Waals surface area contributed by atoms with E-state index >= 15 is 0 Å². The number of thioether (sulfide) groups is 1. The standard InChI is InChI=1S/C21H24N2OS2/c1-21(2,3)14-9-10-16-17(12-22)20(26-18(16)11-14)23-19(24)13-25-15-7-5-4-6-8-15/h4-8,14H,9-11,13H2,1-3H3,(H,23,24)/t14-/m0/s1. The van der Waals surface area contributed by atoms with E-state index in [1.54, 1.807) is 11.3 Å². The number of carbonyl (C=O) groups is 1. The van der Waals surface area contributed by atoms with Crippen LogP contribution >= 0.6 is 23.1 Å². The molecule has 1 N–H and O–H groups in total. The Morgan fingerprint density at radius 1 is 1.35 bits per heavy atom. The second kappa shape index (κ2) is 7.85. The minimum absolute atomic E-state index is 0.0543. The van der Waals surface area contributed by atoms with E-state index in [0.29, 0.717) is 17.2 Å². The highest BCUT2D eigenvalue weighted by Gasteiger charge is 2.32. The SMILES string of the molecule is CC(C)(C)[C@H]1CCc2c(sc(NC(=O)CSc3ccccc3)c2C#N)C1. The van der Waals surface area contributed by atoms with Crippen LogP contribution in [0.2, 0.25) is 0 Å². The van der Waals surface area contributed by atoms with Crippen LogP contribution in [-0.2, 0) is 17.6 Å². The molecule has 0 fully saturated rings. The number of hydrogen-bond donors (Lipinski definition) is 1. The lowest BCUT2D eigenvalue weighted by molar-refractivity contribution is -0.113. The minimum atomic E-state index is -0.0543. The van der Waals surface area contributed by atoms with Crippen LogP contribution in [0.25, 0.3) is 0 Å². The zero-order chi connectivity index (χ0) is 18.7. The van der Waals surface area contributed by atoms with E-state index < -0.39 is 0 Å². The summed E-state index contributed by atoms with van der Waals surface area (Å²) in [5.74, 6) is 0.918. The van der Waals surface area contributed by atoms with E-state index in [1.165, 1.54) is 16.6 Å². The van der Waals surface area contributed by atoms with Gasteiger partial charge in [-0.15, -0.1) is 23.1 Å².